The normalized spacial score (nSPS) is 9.54. The first-order chi connectivity index (χ1) is 6.02. The third kappa shape index (κ3) is 1.76. The Labute approximate surface area is 73.4 Å². The summed E-state index contributed by atoms with van der Waals surface area (Å²) < 4.78 is 0. The van der Waals surface area contributed by atoms with Crippen LogP contribution in [0.25, 0.3) is 0 Å². The molecule has 1 rings (SSSR count). The van der Waals surface area contributed by atoms with Crippen molar-refractivity contribution >= 4 is 17.6 Å². The topological polar surface area (TPSA) is 106 Å². The highest BCUT2D eigenvalue weighted by Crippen LogP contribution is 2.12. The zero-order valence-corrected chi connectivity index (χ0v) is 6.44. The van der Waals surface area contributed by atoms with E-state index < -0.39 is 11.9 Å². The molecule has 0 spiro atoms. The summed E-state index contributed by atoms with van der Waals surface area (Å²) in [4.78, 5) is 20.7. The van der Waals surface area contributed by atoms with Crippen LogP contribution in [-0.4, -0.2) is 11.9 Å². The molecule has 5 heteroatoms. The highest BCUT2D eigenvalue weighted by Gasteiger charge is 2.01. The highest BCUT2D eigenvalue weighted by molar-refractivity contribution is 5.95. The summed E-state index contributed by atoms with van der Waals surface area (Å²) in [5.74, 6) is -2.85. The molecule has 0 radical (unpaired) electrons. The fourth-order valence-corrected chi connectivity index (χ4v) is 0.876. The molecule has 0 unspecified atom stereocenters. The molecule has 0 heterocycles. The molecule has 0 saturated heterocycles. The number of nitrogen functional groups attached to an aromatic ring is 1. The van der Waals surface area contributed by atoms with Gasteiger partial charge in [0.2, 0.25) is 0 Å². The van der Waals surface area contributed by atoms with Gasteiger partial charge in [-0.2, -0.15) is 0 Å². The van der Waals surface area contributed by atoms with Crippen LogP contribution < -0.4 is 15.9 Å². The van der Waals surface area contributed by atoms with Crippen molar-refractivity contribution in [3.8, 4) is 0 Å². The Kier molecular flexibility index (Phi) is 2.19. The predicted molar refractivity (Wildman–Crippen MR) is 39.5 cm³/mol. The largest absolute Gasteiger partial charge is 0.545 e. The predicted octanol–water partition coefficient (Wildman–Crippen LogP) is -2.00. The molecule has 0 aliphatic rings. The van der Waals surface area contributed by atoms with E-state index in [1.54, 1.807) is 0 Å². The van der Waals surface area contributed by atoms with Gasteiger partial charge in [0.15, 0.2) is 0 Å². The standard InChI is InChI=1S/C8H7NO4/c9-6-3-4(7(10)11)1-2-5(6)8(12)13/h1-3H,9H2,(H,10,11)(H,12,13)/p-2. The number of carbonyl (C=O) groups excluding carboxylic acids is 2. The molecular weight excluding hydrogens is 174 g/mol. The fraction of sp³-hybridized carbons (Fsp3) is 0. The van der Waals surface area contributed by atoms with Crippen molar-refractivity contribution in [1.29, 1.82) is 0 Å². The zero-order valence-electron chi connectivity index (χ0n) is 6.44. The highest BCUT2D eigenvalue weighted by atomic mass is 16.4. The molecular formula is C8H5NO4-2. The number of benzene rings is 1. The maximum Gasteiger partial charge on any atom is 0.0736 e. The van der Waals surface area contributed by atoms with Crippen LogP contribution in [0.2, 0.25) is 0 Å². The number of carbonyl (C=O) groups is 2. The second-order valence-corrected chi connectivity index (χ2v) is 2.38. The van der Waals surface area contributed by atoms with Crippen LogP contribution in [0.4, 0.5) is 5.69 Å². The summed E-state index contributed by atoms with van der Waals surface area (Å²) >= 11 is 0. The number of carboxylic acids is 2. The Hall–Kier alpha value is -2.04. The van der Waals surface area contributed by atoms with Crippen LogP contribution in [0, 0.1) is 0 Å². The third-order valence-electron chi connectivity index (χ3n) is 1.51. The molecule has 13 heavy (non-hydrogen) atoms. The van der Waals surface area contributed by atoms with Gasteiger partial charge in [0.1, 0.15) is 0 Å². The van der Waals surface area contributed by atoms with Gasteiger partial charge >= 0.3 is 0 Å². The minimum absolute atomic E-state index is 0.151. The molecule has 2 N–H and O–H groups in total. The van der Waals surface area contributed by atoms with Gasteiger partial charge in [-0.05, 0) is 11.6 Å². The second kappa shape index (κ2) is 3.14. The summed E-state index contributed by atoms with van der Waals surface area (Å²) in [5, 5.41) is 20.7. The van der Waals surface area contributed by atoms with E-state index in [0.717, 1.165) is 18.2 Å². The van der Waals surface area contributed by atoms with Crippen molar-refractivity contribution in [3.05, 3.63) is 29.3 Å². The second-order valence-electron chi connectivity index (χ2n) is 2.38. The Morgan fingerprint density at radius 1 is 1.15 bits per heavy atom. The molecule has 68 valence electrons. The lowest BCUT2D eigenvalue weighted by atomic mass is 10.1. The first-order valence-corrected chi connectivity index (χ1v) is 3.34. The molecule has 0 fully saturated rings. The maximum absolute atomic E-state index is 10.3. The number of anilines is 1. The van der Waals surface area contributed by atoms with E-state index in [9.17, 15) is 19.8 Å². The molecule has 5 nitrogen and oxygen atoms in total. The number of aromatic carboxylic acids is 2. The molecule has 1 aromatic carbocycles. The SMILES string of the molecule is Nc1cc(C(=O)[O-])ccc1C(=O)[O-]. The van der Waals surface area contributed by atoms with Crippen LogP contribution in [0.15, 0.2) is 18.2 Å². The average molecular weight is 179 g/mol. The Balaban J connectivity index is 3.20. The summed E-state index contributed by atoms with van der Waals surface area (Å²) in [7, 11) is 0. The van der Waals surface area contributed by atoms with Crippen molar-refractivity contribution in [2.24, 2.45) is 0 Å². The number of hydrogen-bond donors (Lipinski definition) is 1. The molecule has 0 aliphatic carbocycles. The van der Waals surface area contributed by atoms with Gasteiger partial charge in [0.05, 0.1) is 11.9 Å². The zero-order chi connectivity index (χ0) is 10.0. The molecule has 0 aromatic heterocycles. The van der Waals surface area contributed by atoms with Crippen LogP contribution in [0.1, 0.15) is 20.7 Å². The van der Waals surface area contributed by atoms with Crippen molar-refractivity contribution in [1.82, 2.24) is 0 Å². The van der Waals surface area contributed by atoms with Crippen molar-refractivity contribution < 1.29 is 19.8 Å². The Bertz CT molecular complexity index is 372. The van der Waals surface area contributed by atoms with E-state index in [2.05, 4.69) is 0 Å². The average Bonchev–Trinajstić information content (AvgIpc) is 2.03. The van der Waals surface area contributed by atoms with Crippen LogP contribution in [0.5, 0.6) is 0 Å². The monoisotopic (exact) mass is 179 g/mol. The van der Waals surface area contributed by atoms with E-state index in [4.69, 9.17) is 5.73 Å². The third-order valence-corrected chi connectivity index (χ3v) is 1.51. The minimum Gasteiger partial charge on any atom is -0.545 e. The van der Waals surface area contributed by atoms with Gasteiger partial charge in [0.25, 0.3) is 0 Å². The van der Waals surface area contributed by atoms with Crippen LogP contribution in [0.3, 0.4) is 0 Å². The summed E-state index contributed by atoms with van der Waals surface area (Å²) in [6, 6.07) is 3.17. The lowest BCUT2D eigenvalue weighted by molar-refractivity contribution is -0.256. The van der Waals surface area contributed by atoms with E-state index in [0.29, 0.717) is 0 Å². The van der Waals surface area contributed by atoms with Gasteiger partial charge in [-0.25, -0.2) is 0 Å². The number of carboxylic acid groups (broad SMARTS) is 2. The quantitative estimate of drug-likeness (QED) is 0.528. The molecule has 0 atom stereocenters. The summed E-state index contributed by atoms with van der Waals surface area (Å²) in [5.41, 5.74) is 4.70. The summed E-state index contributed by atoms with van der Waals surface area (Å²) in [6.07, 6.45) is 0. The number of hydrogen-bond acceptors (Lipinski definition) is 5. The lowest BCUT2D eigenvalue weighted by Crippen LogP contribution is -2.25. The summed E-state index contributed by atoms with van der Waals surface area (Å²) in [6.45, 7) is 0. The minimum atomic E-state index is -1.44. The molecule has 0 aliphatic heterocycles. The fourth-order valence-electron chi connectivity index (χ4n) is 0.876. The smallest absolute Gasteiger partial charge is 0.0736 e. The molecule has 0 bridgehead atoms. The Morgan fingerprint density at radius 2 is 1.77 bits per heavy atom. The van der Waals surface area contributed by atoms with E-state index in [1.165, 1.54) is 0 Å². The lowest BCUT2D eigenvalue weighted by Gasteiger charge is -2.08. The number of rotatable bonds is 2. The van der Waals surface area contributed by atoms with Gasteiger partial charge < -0.3 is 25.5 Å². The first kappa shape index (κ1) is 9.05. The maximum atomic E-state index is 10.3. The molecule has 0 saturated carbocycles. The van der Waals surface area contributed by atoms with Crippen molar-refractivity contribution in [3.63, 3.8) is 0 Å². The van der Waals surface area contributed by atoms with Crippen molar-refractivity contribution in [2.75, 3.05) is 5.73 Å². The van der Waals surface area contributed by atoms with Gasteiger partial charge in [-0.3, -0.25) is 0 Å². The van der Waals surface area contributed by atoms with Gasteiger partial charge in [0, 0.05) is 11.3 Å². The first-order valence-electron chi connectivity index (χ1n) is 3.34. The Morgan fingerprint density at radius 3 is 2.15 bits per heavy atom. The van der Waals surface area contributed by atoms with Gasteiger partial charge in [-0.1, -0.05) is 12.1 Å². The van der Waals surface area contributed by atoms with Gasteiger partial charge in [-0.15, -0.1) is 0 Å². The van der Waals surface area contributed by atoms with E-state index in [1.807, 2.05) is 0 Å². The van der Waals surface area contributed by atoms with E-state index >= 15 is 0 Å². The van der Waals surface area contributed by atoms with E-state index in [-0.39, 0.29) is 16.8 Å². The van der Waals surface area contributed by atoms with Crippen LogP contribution >= 0.6 is 0 Å². The van der Waals surface area contributed by atoms with Crippen molar-refractivity contribution in [2.45, 2.75) is 0 Å². The molecule has 1 aromatic rings. The molecule has 0 amide bonds. The van der Waals surface area contributed by atoms with Crippen LogP contribution in [-0.2, 0) is 0 Å². The number of nitrogens with two attached hydrogens (primary N) is 1.